The molecule has 0 saturated carbocycles. The minimum absolute atomic E-state index is 0.133. The van der Waals surface area contributed by atoms with E-state index >= 15 is 0 Å². The third-order valence-corrected chi connectivity index (χ3v) is 2.95. The van der Waals surface area contributed by atoms with Crippen LogP contribution in [0.4, 0.5) is 0 Å². The highest BCUT2D eigenvalue weighted by Gasteiger charge is 2.11. The van der Waals surface area contributed by atoms with Crippen molar-refractivity contribution in [2.45, 2.75) is 20.1 Å². The molecular formula is C15H20N2O3. The van der Waals surface area contributed by atoms with Crippen molar-refractivity contribution < 1.29 is 14.3 Å². The van der Waals surface area contributed by atoms with Crippen LogP contribution in [-0.4, -0.2) is 36.9 Å². The van der Waals surface area contributed by atoms with Crippen molar-refractivity contribution in [3.05, 3.63) is 36.0 Å². The third-order valence-electron chi connectivity index (χ3n) is 2.95. The molecule has 5 nitrogen and oxygen atoms in total. The Morgan fingerprint density at radius 3 is 2.70 bits per heavy atom. The molecule has 0 unspecified atom stereocenters. The van der Waals surface area contributed by atoms with Crippen molar-refractivity contribution in [3.8, 4) is 0 Å². The first-order valence-electron chi connectivity index (χ1n) is 6.83. The van der Waals surface area contributed by atoms with Crippen LogP contribution in [0.1, 0.15) is 24.2 Å². The number of nitrogens with one attached hydrogen (secondary N) is 2. The number of hydrogen-bond acceptors (Lipinski definition) is 3. The number of amides is 1. The molecule has 0 fully saturated rings. The van der Waals surface area contributed by atoms with Crippen LogP contribution < -0.4 is 5.32 Å². The highest BCUT2D eigenvalue weighted by atomic mass is 16.7. The summed E-state index contributed by atoms with van der Waals surface area (Å²) in [5.41, 5.74) is 1.57. The SMILES string of the molecule is CCOC(CNC(=O)c1ccc2cc[nH]c2c1)OCC. The third kappa shape index (κ3) is 3.59. The van der Waals surface area contributed by atoms with Crippen LogP contribution in [0.15, 0.2) is 30.5 Å². The van der Waals surface area contributed by atoms with Crippen molar-refractivity contribution >= 4 is 16.8 Å². The zero-order chi connectivity index (χ0) is 14.4. The molecule has 0 saturated heterocycles. The molecule has 2 rings (SSSR count). The molecule has 0 bridgehead atoms. The van der Waals surface area contributed by atoms with Crippen LogP contribution in [0, 0.1) is 0 Å². The number of benzene rings is 1. The topological polar surface area (TPSA) is 63.3 Å². The van der Waals surface area contributed by atoms with Crippen LogP contribution in [0.2, 0.25) is 0 Å². The summed E-state index contributed by atoms with van der Waals surface area (Å²) in [7, 11) is 0. The zero-order valence-electron chi connectivity index (χ0n) is 11.8. The van der Waals surface area contributed by atoms with E-state index in [-0.39, 0.29) is 5.91 Å². The molecule has 0 aliphatic rings. The van der Waals surface area contributed by atoms with Crippen molar-refractivity contribution in [2.75, 3.05) is 19.8 Å². The summed E-state index contributed by atoms with van der Waals surface area (Å²) in [6.45, 7) is 5.23. The summed E-state index contributed by atoms with van der Waals surface area (Å²) in [6.07, 6.45) is 1.45. The van der Waals surface area contributed by atoms with Gasteiger partial charge in [-0.3, -0.25) is 4.79 Å². The van der Waals surface area contributed by atoms with Gasteiger partial charge in [0.15, 0.2) is 6.29 Å². The summed E-state index contributed by atoms with van der Waals surface area (Å²) < 4.78 is 10.8. The molecular weight excluding hydrogens is 256 g/mol. The molecule has 0 spiro atoms. The van der Waals surface area contributed by atoms with Gasteiger partial charge >= 0.3 is 0 Å². The number of aromatic nitrogens is 1. The number of carbonyl (C=O) groups is 1. The Morgan fingerprint density at radius 2 is 2.00 bits per heavy atom. The van der Waals surface area contributed by atoms with E-state index in [0.29, 0.717) is 25.3 Å². The number of H-pyrrole nitrogens is 1. The minimum atomic E-state index is -0.400. The first-order chi connectivity index (χ1) is 9.74. The second kappa shape index (κ2) is 7.07. The summed E-state index contributed by atoms with van der Waals surface area (Å²) in [5, 5.41) is 3.91. The van der Waals surface area contributed by atoms with E-state index in [0.717, 1.165) is 10.9 Å². The smallest absolute Gasteiger partial charge is 0.251 e. The summed E-state index contributed by atoms with van der Waals surface area (Å²) in [5.74, 6) is -0.133. The molecule has 0 aliphatic heterocycles. The molecule has 1 amide bonds. The van der Waals surface area contributed by atoms with Crippen molar-refractivity contribution in [1.82, 2.24) is 10.3 Å². The van der Waals surface area contributed by atoms with Gasteiger partial charge in [0.1, 0.15) is 0 Å². The van der Waals surface area contributed by atoms with E-state index in [1.54, 1.807) is 0 Å². The number of ether oxygens (including phenoxy) is 2. The van der Waals surface area contributed by atoms with Crippen LogP contribution in [0.25, 0.3) is 10.9 Å². The molecule has 0 aliphatic carbocycles. The first-order valence-corrected chi connectivity index (χ1v) is 6.83. The maximum Gasteiger partial charge on any atom is 0.251 e. The Hall–Kier alpha value is -1.85. The van der Waals surface area contributed by atoms with Crippen molar-refractivity contribution in [3.63, 3.8) is 0 Å². The van der Waals surface area contributed by atoms with E-state index in [1.807, 2.05) is 44.3 Å². The highest BCUT2D eigenvalue weighted by Crippen LogP contribution is 2.14. The summed E-state index contributed by atoms with van der Waals surface area (Å²) >= 11 is 0. The maximum absolute atomic E-state index is 12.1. The predicted molar refractivity (Wildman–Crippen MR) is 77.7 cm³/mol. The molecule has 0 atom stereocenters. The molecule has 1 heterocycles. The Bertz CT molecular complexity index is 559. The van der Waals surface area contributed by atoms with Crippen molar-refractivity contribution in [1.29, 1.82) is 0 Å². The lowest BCUT2D eigenvalue weighted by Crippen LogP contribution is -2.35. The molecule has 5 heteroatoms. The van der Waals surface area contributed by atoms with Gasteiger partial charge in [0, 0.05) is 30.5 Å². The van der Waals surface area contributed by atoms with E-state index < -0.39 is 6.29 Å². The Balaban J connectivity index is 1.96. The lowest BCUT2D eigenvalue weighted by Gasteiger charge is -2.17. The lowest BCUT2D eigenvalue weighted by molar-refractivity contribution is -0.131. The fourth-order valence-electron chi connectivity index (χ4n) is 2.00. The number of aromatic amines is 1. The second-order valence-electron chi connectivity index (χ2n) is 4.33. The number of fused-ring (bicyclic) bond motifs is 1. The summed E-state index contributed by atoms with van der Waals surface area (Å²) in [6, 6.07) is 7.53. The maximum atomic E-state index is 12.1. The van der Waals surface area contributed by atoms with Crippen LogP contribution in [0.5, 0.6) is 0 Å². The quantitative estimate of drug-likeness (QED) is 0.763. The van der Waals surface area contributed by atoms with E-state index in [4.69, 9.17) is 9.47 Å². The average molecular weight is 276 g/mol. The van der Waals surface area contributed by atoms with Gasteiger partial charge < -0.3 is 19.8 Å². The largest absolute Gasteiger partial charge is 0.361 e. The summed E-state index contributed by atoms with van der Waals surface area (Å²) in [4.78, 5) is 15.2. The molecule has 20 heavy (non-hydrogen) atoms. The van der Waals surface area contributed by atoms with E-state index in [9.17, 15) is 4.79 Å². The van der Waals surface area contributed by atoms with Crippen molar-refractivity contribution in [2.24, 2.45) is 0 Å². The highest BCUT2D eigenvalue weighted by molar-refractivity contribution is 5.97. The van der Waals surface area contributed by atoms with Gasteiger partial charge in [-0.25, -0.2) is 0 Å². The fraction of sp³-hybridized carbons (Fsp3) is 0.400. The van der Waals surface area contributed by atoms with E-state index in [1.165, 1.54) is 0 Å². The van der Waals surface area contributed by atoms with Gasteiger partial charge in [-0.2, -0.15) is 0 Å². The van der Waals surface area contributed by atoms with Gasteiger partial charge in [-0.15, -0.1) is 0 Å². The average Bonchev–Trinajstić information content (AvgIpc) is 2.92. The number of rotatable bonds is 7. The van der Waals surface area contributed by atoms with Gasteiger partial charge in [-0.1, -0.05) is 6.07 Å². The molecule has 0 radical (unpaired) electrons. The number of hydrogen-bond donors (Lipinski definition) is 2. The van der Waals surface area contributed by atoms with Gasteiger partial charge in [0.2, 0.25) is 0 Å². The molecule has 2 N–H and O–H groups in total. The zero-order valence-corrected chi connectivity index (χ0v) is 11.8. The Kier molecular flexibility index (Phi) is 5.15. The molecule has 108 valence electrons. The first kappa shape index (κ1) is 14.6. The van der Waals surface area contributed by atoms with Gasteiger partial charge in [0.05, 0.1) is 6.54 Å². The Morgan fingerprint density at radius 1 is 1.25 bits per heavy atom. The molecule has 2 aromatic rings. The lowest BCUT2D eigenvalue weighted by atomic mass is 10.1. The molecule has 1 aromatic carbocycles. The van der Waals surface area contributed by atoms with Gasteiger partial charge in [-0.05, 0) is 37.4 Å². The van der Waals surface area contributed by atoms with Crippen LogP contribution >= 0.6 is 0 Å². The van der Waals surface area contributed by atoms with Crippen LogP contribution in [0.3, 0.4) is 0 Å². The fourth-order valence-corrected chi connectivity index (χ4v) is 2.00. The minimum Gasteiger partial charge on any atom is -0.361 e. The number of carbonyl (C=O) groups excluding carboxylic acids is 1. The normalized spacial score (nSPS) is 11.2. The van der Waals surface area contributed by atoms with E-state index in [2.05, 4.69) is 10.3 Å². The predicted octanol–water partition coefficient (Wildman–Crippen LogP) is 2.30. The second-order valence-corrected chi connectivity index (χ2v) is 4.33. The molecule has 1 aromatic heterocycles. The van der Waals surface area contributed by atoms with Crippen LogP contribution in [-0.2, 0) is 9.47 Å². The van der Waals surface area contributed by atoms with Gasteiger partial charge in [0.25, 0.3) is 5.91 Å². The standard InChI is InChI=1S/C15H20N2O3/c1-3-19-14(20-4-2)10-17-15(18)12-6-5-11-7-8-16-13(11)9-12/h5-9,14,16H,3-4,10H2,1-2H3,(H,17,18). The monoisotopic (exact) mass is 276 g/mol. The Labute approximate surface area is 118 Å².